The number of hydrogen-bond donors (Lipinski definition) is 2. The smallest absolute Gasteiger partial charge is 0.330 e. The number of nitrogens with one attached hydrogen (secondary N) is 1. The molecular formula is C12H14N6O3S. The van der Waals surface area contributed by atoms with Crippen molar-refractivity contribution >= 4 is 23.4 Å². The summed E-state index contributed by atoms with van der Waals surface area (Å²) in [4.78, 5) is 38.2. The first-order valence-electron chi connectivity index (χ1n) is 6.63. The summed E-state index contributed by atoms with van der Waals surface area (Å²) in [6, 6.07) is -0.0257. The topological polar surface area (TPSA) is 129 Å². The van der Waals surface area contributed by atoms with E-state index in [4.69, 9.17) is 5.73 Å². The molecule has 0 unspecified atom stereocenters. The number of anilines is 1. The summed E-state index contributed by atoms with van der Waals surface area (Å²) in [5, 5.41) is 8.11. The first-order valence-corrected chi connectivity index (χ1v) is 7.62. The summed E-state index contributed by atoms with van der Waals surface area (Å²) in [7, 11) is 1.75. The van der Waals surface area contributed by atoms with Crippen LogP contribution < -0.4 is 17.0 Å². The van der Waals surface area contributed by atoms with Gasteiger partial charge in [0.1, 0.15) is 17.7 Å². The second-order valence-corrected chi connectivity index (χ2v) is 6.00. The Bertz CT molecular complexity index is 847. The van der Waals surface area contributed by atoms with Crippen LogP contribution in [0.5, 0.6) is 0 Å². The van der Waals surface area contributed by atoms with Gasteiger partial charge in [0.25, 0.3) is 5.56 Å². The lowest BCUT2D eigenvalue weighted by atomic mass is 10.2. The van der Waals surface area contributed by atoms with Gasteiger partial charge >= 0.3 is 5.69 Å². The summed E-state index contributed by atoms with van der Waals surface area (Å²) in [6.07, 6.45) is 3.15. The van der Waals surface area contributed by atoms with E-state index < -0.39 is 17.0 Å². The highest BCUT2D eigenvalue weighted by Gasteiger charge is 2.30. The van der Waals surface area contributed by atoms with Gasteiger partial charge < -0.3 is 10.3 Å². The van der Waals surface area contributed by atoms with E-state index in [1.165, 1.54) is 10.9 Å². The van der Waals surface area contributed by atoms with Crippen LogP contribution in [0.15, 0.2) is 21.1 Å². The number of rotatable bonds is 5. The number of ketones is 1. The maximum atomic E-state index is 12.3. The number of nitrogens with zero attached hydrogens (tertiary/aromatic N) is 4. The number of carbonyl (C=O) groups excluding carboxylic acids is 1. The van der Waals surface area contributed by atoms with Crippen molar-refractivity contribution in [2.75, 3.05) is 11.5 Å². The number of Topliss-reactive ketones (excluding diaryl/α,β-unsaturated/α-hetero) is 1. The highest BCUT2D eigenvalue weighted by atomic mass is 32.2. The van der Waals surface area contributed by atoms with Crippen LogP contribution in [0.1, 0.15) is 29.2 Å². The number of aryl methyl sites for hydroxylation is 1. The largest absolute Gasteiger partial charge is 0.384 e. The fourth-order valence-electron chi connectivity index (χ4n) is 2.14. The third-order valence-electron chi connectivity index (χ3n) is 3.38. The first-order chi connectivity index (χ1) is 10.5. The molecule has 2 aromatic rings. The van der Waals surface area contributed by atoms with Crippen molar-refractivity contribution in [2.24, 2.45) is 7.05 Å². The van der Waals surface area contributed by atoms with Crippen LogP contribution in [0, 0.1) is 0 Å². The van der Waals surface area contributed by atoms with E-state index in [0.717, 1.165) is 24.6 Å². The molecule has 0 aromatic carbocycles. The summed E-state index contributed by atoms with van der Waals surface area (Å²) in [5.74, 6) is -0.510. The van der Waals surface area contributed by atoms with Crippen LogP contribution >= 0.6 is 11.8 Å². The molecule has 0 atom stereocenters. The van der Waals surface area contributed by atoms with Crippen molar-refractivity contribution in [3.8, 4) is 0 Å². The molecule has 3 rings (SSSR count). The minimum Gasteiger partial charge on any atom is -0.384 e. The fourth-order valence-corrected chi connectivity index (χ4v) is 2.90. The number of nitrogen functional groups attached to an aromatic ring is 1. The van der Waals surface area contributed by atoms with Crippen molar-refractivity contribution in [2.45, 2.75) is 24.0 Å². The second kappa shape index (κ2) is 5.44. The number of H-pyrrole nitrogens is 1. The fraction of sp³-hybridized carbons (Fsp3) is 0.417. The maximum absolute atomic E-state index is 12.3. The molecule has 0 aliphatic heterocycles. The molecule has 1 aliphatic rings. The van der Waals surface area contributed by atoms with Gasteiger partial charge in [-0.25, -0.2) is 4.79 Å². The molecule has 3 N–H and O–H groups in total. The Morgan fingerprint density at radius 2 is 2.23 bits per heavy atom. The van der Waals surface area contributed by atoms with Gasteiger partial charge in [-0.2, -0.15) is 0 Å². The maximum Gasteiger partial charge on any atom is 0.330 e. The summed E-state index contributed by atoms with van der Waals surface area (Å²) in [5.41, 5.74) is 4.41. The van der Waals surface area contributed by atoms with Gasteiger partial charge in [0, 0.05) is 13.1 Å². The van der Waals surface area contributed by atoms with Crippen LogP contribution in [0.3, 0.4) is 0 Å². The molecule has 1 aliphatic carbocycles. The van der Waals surface area contributed by atoms with E-state index >= 15 is 0 Å². The lowest BCUT2D eigenvalue weighted by Crippen LogP contribution is -2.36. The predicted octanol–water partition coefficient (Wildman–Crippen LogP) is -0.443. The molecule has 0 bridgehead atoms. The van der Waals surface area contributed by atoms with Crippen LogP contribution in [-0.2, 0) is 7.05 Å². The summed E-state index contributed by atoms with van der Waals surface area (Å²) in [6.45, 7) is 0. The van der Waals surface area contributed by atoms with Gasteiger partial charge in [-0.15, -0.1) is 10.2 Å². The van der Waals surface area contributed by atoms with Gasteiger partial charge in [0.05, 0.1) is 5.75 Å². The normalized spacial score (nSPS) is 14.2. The van der Waals surface area contributed by atoms with Crippen molar-refractivity contribution in [1.82, 2.24) is 24.3 Å². The van der Waals surface area contributed by atoms with Gasteiger partial charge in [0.15, 0.2) is 10.9 Å². The van der Waals surface area contributed by atoms with E-state index in [0.29, 0.717) is 5.16 Å². The standard InChI is InChI=1S/C12H14N6O3S/c1-17-5-14-16-12(17)22-4-7(19)8-9(13)18(6-2-3-6)11(21)15-10(8)20/h5-6H,2-4,13H2,1H3,(H,15,20,21). The van der Waals surface area contributed by atoms with Crippen molar-refractivity contribution in [3.05, 3.63) is 32.7 Å². The Labute approximate surface area is 128 Å². The lowest BCUT2D eigenvalue weighted by Gasteiger charge is -2.10. The summed E-state index contributed by atoms with van der Waals surface area (Å²) >= 11 is 1.15. The second-order valence-electron chi connectivity index (χ2n) is 5.06. The number of hydrogen-bond acceptors (Lipinski definition) is 7. The minimum atomic E-state index is -0.747. The Balaban J connectivity index is 1.89. The van der Waals surface area contributed by atoms with Crippen molar-refractivity contribution < 1.29 is 4.79 Å². The molecule has 2 aromatic heterocycles. The third-order valence-corrected chi connectivity index (χ3v) is 4.41. The van der Waals surface area contributed by atoms with Crippen LogP contribution in [0.2, 0.25) is 0 Å². The first kappa shape index (κ1) is 14.6. The van der Waals surface area contributed by atoms with E-state index in [-0.39, 0.29) is 23.2 Å². The minimum absolute atomic E-state index is 0.0112. The van der Waals surface area contributed by atoms with Crippen LogP contribution in [0.25, 0.3) is 0 Å². The molecule has 1 fully saturated rings. The highest BCUT2D eigenvalue weighted by molar-refractivity contribution is 7.99. The Hall–Kier alpha value is -2.36. The van der Waals surface area contributed by atoms with Gasteiger partial charge in [-0.05, 0) is 12.8 Å². The zero-order valence-corrected chi connectivity index (χ0v) is 12.6. The molecular weight excluding hydrogens is 308 g/mol. The molecule has 0 amide bonds. The van der Waals surface area contributed by atoms with E-state index in [9.17, 15) is 14.4 Å². The van der Waals surface area contributed by atoms with Crippen molar-refractivity contribution in [1.29, 1.82) is 0 Å². The number of aromatic nitrogens is 5. The monoisotopic (exact) mass is 322 g/mol. The Kier molecular flexibility index (Phi) is 3.61. The van der Waals surface area contributed by atoms with Crippen LogP contribution in [0.4, 0.5) is 5.82 Å². The molecule has 22 heavy (non-hydrogen) atoms. The van der Waals surface area contributed by atoms with Crippen molar-refractivity contribution in [3.63, 3.8) is 0 Å². The van der Waals surface area contributed by atoms with E-state index in [2.05, 4.69) is 15.2 Å². The van der Waals surface area contributed by atoms with E-state index in [1.54, 1.807) is 11.6 Å². The average Bonchev–Trinajstić information content (AvgIpc) is 3.18. The number of aromatic amines is 1. The molecule has 2 heterocycles. The number of nitrogens with two attached hydrogens (primary N) is 1. The molecule has 116 valence electrons. The molecule has 1 saturated carbocycles. The zero-order chi connectivity index (χ0) is 15.9. The molecule has 0 spiro atoms. The van der Waals surface area contributed by atoms with Gasteiger partial charge in [-0.3, -0.25) is 19.1 Å². The highest BCUT2D eigenvalue weighted by Crippen LogP contribution is 2.35. The third kappa shape index (κ3) is 2.56. The van der Waals surface area contributed by atoms with Crippen LogP contribution in [-0.4, -0.2) is 35.9 Å². The molecule has 9 nitrogen and oxygen atoms in total. The average molecular weight is 322 g/mol. The SMILES string of the molecule is Cn1cnnc1SCC(=O)c1c(N)n(C2CC2)c(=O)[nH]c1=O. The lowest BCUT2D eigenvalue weighted by molar-refractivity contribution is 0.102. The van der Waals surface area contributed by atoms with E-state index in [1.807, 2.05) is 0 Å². The Morgan fingerprint density at radius 3 is 2.82 bits per heavy atom. The van der Waals surface area contributed by atoms with Gasteiger partial charge in [-0.1, -0.05) is 11.8 Å². The zero-order valence-electron chi connectivity index (χ0n) is 11.8. The number of thioether (sulfide) groups is 1. The molecule has 0 saturated heterocycles. The molecule has 0 radical (unpaired) electrons. The Morgan fingerprint density at radius 1 is 1.50 bits per heavy atom. The predicted molar refractivity (Wildman–Crippen MR) is 80.1 cm³/mol. The quantitative estimate of drug-likeness (QED) is 0.564. The van der Waals surface area contributed by atoms with Gasteiger partial charge in [0.2, 0.25) is 0 Å². The number of carbonyl (C=O) groups is 1. The summed E-state index contributed by atoms with van der Waals surface area (Å²) < 4.78 is 2.96. The molecule has 10 heteroatoms.